The first-order valence-corrected chi connectivity index (χ1v) is 7.03. The highest BCUT2D eigenvalue weighted by Gasteiger charge is 2.52. The van der Waals surface area contributed by atoms with E-state index in [-0.39, 0.29) is 12.3 Å². The van der Waals surface area contributed by atoms with Crippen LogP contribution in [0.4, 0.5) is 5.69 Å². The summed E-state index contributed by atoms with van der Waals surface area (Å²) in [4.78, 5) is 25.7. The standard InChI is InChI=1S/C18H13NO3/c1-12-11-18(10-9-16(20)22-18)19(17(12)21)15-8-4-6-13-5-2-3-7-14(13)15/h2-10H,1,11H2. The van der Waals surface area contributed by atoms with Crippen molar-refractivity contribution in [3.8, 4) is 0 Å². The van der Waals surface area contributed by atoms with Crippen molar-refractivity contribution in [2.24, 2.45) is 0 Å². The summed E-state index contributed by atoms with van der Waals surface area (Å²) in [5.74, 6) is -0.650. The molecule has 2 aromatic carbocycles. The summed E-state index contributed by atoms with van der Waals surface area (Å²) >= 11 is 0. The van der Waals surface area contributed by atoms with Crippen molar-refractivity contribution in [1.29, 1.82) is 0 Å². The van der Waals surface area contributed by atoms with E-state index in [2.05, 4.69) is 6.58 Å². The number of carbonyl (C=O) groups is 2. The molecule has 1 amide bonds. The Kier molecular flexibility index (Phi) is 2.51. The maximum Gasteiger partial charge on any atom is 0.333 e. The smallest absolute Gasteiger partial charge is 0.333 e. The van der Waals surface area contributed by atoms with Crippen LogP contribution in [-0.4, -0.2) is 17.6 Å². The normalized spacial score (nSPS) is 23.8. The van der Waals surface area contributed by atoms with Gasteiger partial charge in [0, 0.05) is 23.5 Å². The van der Waals surface area contributed by atoms with Crippen molar-refractivity contribution in [3.63, 3.8) is 0 Å². The van der Waals surface area contributed by atoms with Crippen LogP contribution >= 0.6 is 0 Å². The number of hydrogen-bond acceptors (Lipinski definition) is 3. The molecule has 4 nitrogen and oxygen atoms in total. The van der Waals surface area contributed by atoms with E-state index in [4.69, 9.17) is 4.74 Å². The number of fused-ring (bicyclic) bond motifs is 1. The highest BCUT2D eigenvalue weighted by atomic mass is 16.6. The summed E-state index contributed by atoms with van der Waals surface area (Å²) in [5, 5.41) is 1.96. The second-order valence-corrected chi connectivity index (χ2v) is 5.52. The average molecular weight is 291 g/mol. The molecule has 0 aliphatic carbocycles. The molecule has 2 aliphatic rings. The van der Waals surface area contributed by atoms with Crippen LogP contribution in [0.1, 0.15) is 6.42 Å². The van der Waals surface area contributed by atoms with Crippen LogP contribution < -0.4 is 4.90 Å². The maximum absolute atomic E-state index is 12.6. The molecule has 0 radical (unpaired) electrons. The molecule has 0 bridgehead atoms. The van der Waals surface area contributed by atoms with E-state index in [1.807, 2.05) is 42.5 Å². The van der Waals surface area contributed by atoms with Crippen molar-refractivity contribution >= 4 is 28.3 Å². The Morgan fingerprint density at radius 2 is 1.86 bits per heavy atom. The first-order valence-electron chi connectivity index (χ1n) is 7.03. The Morgan fingerprint density at radius 3 is 2.64 bits per heavy atom. The van der Waals surface area contributed by atoms with Gasteiger partial charge >= 0.3 is 5.97 Å². The van der Waals surface area contributed by atoms with E-state index in [0.29, 0.717) is 5.57 Å². The predicted octanol–water partition coefficient (Wildman–Crippen LogP) is 2.94. The number of anilines is 1. The van der Waals surface area contributed by atoms with Crippen molar-refractivity contribution in [1.82, 2.24) is 0 Å². The van der Waals surface area contributed by atoms with Gasteiger partial charge in [-0.05, 0) is 17.5 Å². The summed E-state index contributed by atoms with van der Waals surface area (Å²) in [7, 11) is 0. The van der Waals surface area contributed by atoms with Gasteiger partial charge in [-0.1, -0.05) is 43.0 Å². The van der Waals surface area contributed by atoms with Crippen LogP contribution in [0.25, 0.3) is 10.8 Å². The zero-order chi connectivity index (χ0) is 15.3. The van der Waals surface area contributed by atoms with Crippen molar-refractivity contribution in [3.05, 3.63) is 66.8 Å². The first-order chi connectivity index (χ1) is 10.6. The van der Waals surface area contributed by atoms with Crippen LogP contribution in [-0.2, 0) is 14.3 Å². The van der Waals surface area contributed by atoms with Crippen LogP contribution in [0.5, 0.6) is 0 Å². The molecule has 1 saturated heterocycles. The topological polar surface area (TPSA) is 46.6 Å². The van der Waals surface area contributed by atoms with Gasteiger partial charge in [0.05, 0.1) is 5.69 Å². The molecule has 4 heteroatoms. The number of carbonyl (C=O) groups excluding carboxylic acids is 2. The van der Waals surface area contributed by atoms with Gasteiger partial charge in [-0.2, -0.15) is 0 Å². The number of nitrogens with zero attached hydrogens (tertiary/aromatic N) is 1. The molecule has 0 aromatic heterocycles. The molecule has 2 heterocycles. The Bertz CT molecular complexity index is 862. The third-order valence-electron chi connectivity index (χ3n) is 4.12. The largest absolute Gasteiger partial charge is 0.431 e. The summed E-state index contributed by atoms with van der Waals surface area (Å²) in [6, 6.07) is 13.5. The average Bonchev–Trinajstić information content (AvgIpc) is 2.99. The molecule has 1 atom stereocenters. The van der Waals surface area contributed by atoms with Crippen molar-refractivity contribution in [2.75, 3.05) is 4.90 Å². The van der Waals surface area contributed by atoms with E-state index in [1.165, 1.54) is 6.08 Å². The third-order valence-corrected chi connectivity index (χ3v) is 4.12. The number of esters is 1. The minimum absolute atomic E-state index is 0.212. The van der Waals surface area contributed by atoms with E-state index >= 15 is 0 Å². The SMILES string of the molecule is C=C1CC2(C=CC(=O)O2)N(c2cccc3ccccc23)C1=O. The molecule has 0 saturated carbocycles. The molecular formula is C18H13NO3. The molecule has 1 spiro atoms. The van der Waals surface area contributed by atoms with Crippen LogP contribution in [0.15, 0.2) is 66.8 Å². The highest BCUT2D eigenvalue weighted by molar-refractivity contribution is 6.14. The fourth-order valence-corrected chi connectivity index (χ4v) is 3.16. The summed E-state index contributed by atoms with van der Waals surface area (Å²) in [6.45, 7) is 3.82. The monoisotopic (exact) mass is 291 g/mol. The quantitative estimate of drug-likeness (QED) is 0.599. The van der Waals surface area contributed by atoms with Crippen molar-refractivity contribution in [2.45, 2.75) is 12.1 Å². The second kappa shape index (κ2) is 4.31. The highest BCUT2D eigenvalue weighted by Crippen LogP contribution is 2.43. The first kappa shape index (κ1) is 12.8. The van der Waals surface area contributed by atoms with Gasteiger partial charge < -0.3 is 4.74 Å². The Hall–Kier alpha value is -2.88. The number of benzene rings is 2. The summed E-state index contributed by atoms with van der Waals surface area (Å²) in [6.07, 6.45) is 3.30. The van der Waals surface area contributed by atoms with Gasteiger partial charge in [-0.25, -0.2) is 4.79 Å². The lowest BCUT2D eigenvalue weighted by Gasteiger charge is -2.32. The molecule has 108 valence electrons. The molecule has 0 N–H and O–H groups in total. The molecule has 2 aromatic rings. The van der Waals surface area contributed by atoms with Crippen LogP contribution in [0, 0.1) is 0 Å². The Balaban J connectivity index is 1.95. The minimum Gasteiger partial charge on any atom is -0.431 e. The van der Waals surface area contributed by atoms with Crippen LogP contribution in [0.3, 0.4) is 0 Å². The molecular weight excluding hydrogens is 278 g/mol. The zero-order valence-electron chi connectivity index (χ0n) is 11.8. The molecule has 1 fully saturated rings. The number of ether oxygens (including phenoxy) is 1. The molecule has 4 rings (SSSR count). The molecule has 2 aliphatic heterocycles. The van der Waals surface area contributed by atoms with E-state index < -0.39 is 11.7 Å². The Morgan fingerprint density at radius 1 is 1.09 bits per heavy atom. The molecule has 1 unspecified atom stereocenters. The van der Waals surface area contributed by atoms with Gasteiger partial charge in [-0.3, -0.25) is 9.69 Å². The third kappa shape index (κ3) is 1.64. The maximum atomic E-state index is 12.6. The fraction of sp³-hybridized carbons (Fsp3) is 0.111. The lowest BCUT2D eigenvalue weighted by Crippen LogP contribution is -2.45. The predicted molar refractivity (Wildman–Crippen MR) is 83.2 cm³/mol. The summed E-state index contributed by atoms with van der Waals surface area (Å²) < 4.78 is 5.46. The summed E-state index contributed by atoms with van der Waals surface area (Å²) in [5.41, 5.74) is 0.0865. The van der Waals surface area contributed by atoms with E-state index in [1.54, 1.807) is 11.0 Å². The molecule has 22 heavy (non-hydrogen) atoms. The van der Waals surface area contributed by atoms with Gasteiger partial charge in [0.25, 0.3) is 5.91 Å². The minimum atomic E-state index is -1.07. The number of amides is 1. The number of rotatable bonds is 1. The van der Waals surface area contributed by atoms with Crippen molar-refractivity contribution < 1.29 is 14.3 Å². The fourth-order valence-electron chi connectivity index (χ4n) is 3.16. The Labute approximate surface area is 127 Å². The zero-order valence-corrected chi connectivity index (χ0v) is 11.8. The number of hydrogen-bond donors (Lipinski definition) is 0. The van der Waals surface area contributed by atoms with Crippen LogP contribution in [0.2, 0.25) is 0 Å². The lowest BCUT2D eigenvalue weighted by atomic mass is 10.1. The van der Waals surface area contributed by atoms with E-state index in [0.717, 1.165) is 16.5 Å². The van der Waals surface area contributed by atoms with Gasteiger partial charge in [0.1, 0.15) is 0 Å². The lowest BCUT2D eigenvalue weighted by molar-refractivity contribution is -0.145. The van der Waals surface area contributed by atoms with E-state index in [9.17, 15) is 9.59 Å². The van der Waals surface area contributed by atoms with Gasteiger partial charge in [0.15, 0.2) is 0 Å². The van der Waals surface area contributed by atoms with Gasteiger partial charge in [0.2, 0.25) is 5.72 Å². The second-order valence-electron chi connectivity index (χ2n) is 5.52. The van der Waals surface area contributed by atoms with Gasteiger partial charge in [-0.15, -0.1) is 0 Å².